The Morgan fingerprint density at radius 2 is 1.82 bits per heavy atom. The molecular formula is C13H26N2O2. The van der Waals surface area contributed by atoms with E-state index in [1.54, 1.807) is 0 Å². The molecule has 0 spiro atoms. The van der Waals surface area contributed by atoms with E-state index in [0.717, 1.165) is 38.8 Å². The lowest BCUT2D eigenvalue weighted by atomic mass is 9.83. The largest absolute Gasteiger partial charge is 0.481 e. The molecule has 100 valence electrons. The van der Waals surface area contributed by atoms with Gasteiger partial charge in [-0.3, -0.25) is 4.79 Å². The molecule has 0 saturated heterocycles. The predicted molar refractivity (Wildman–Crippen MR) is 69.2 cm³/mol. The lowest BCUT2D eigenvalue weighted by molar-refractivity contribution is -0.145. The first-order chi connectivity index (χ1) is 8.02. The summed E-state index contributed by atoms with van der Waals surface area (Å²) >= 11 is 0. The van der Waals surface area contributed by atoms with Gasteiger partial charge in [0.1, 0.15) is 0 Å². The summed E-state index contributed by atoms with van der Waals surface area (Å²) in [6.07, 6.45) is 5.23. The van der Waals surface area contributed by atoms with Crippen molar-refractivity contribution >= 4 is 5.97 Å². The summed E-state index contributed by atoms with van der Waals surface area (Å²) in [5, 5.41) is 9.24. The third-order valence-corrected chi connectivity index (χ3v) is 3.73. The number of carbonyl (C=O) groups is 1. The number of rotatable bonds is 6. The Labute approximate surface area is 105 Å². The van der Waals surface area contributed by atoms with E-state index in [1.165, 1.54) is 6.42 Å². The lowest BCUT2D eigenvalue weighted by Crippen LogP contribution is -2.44. The number of hydrogen-bond donors (Lipinski definition) is 1. The first kappa shape index (κ1) is 14.5. The first-order valence-electron chi connectivity index (χ1n) is 6.60. The van der Waals surface area contributed by atoms with Gasteiger partial charge in [0.25, 0.3) is 0 Å². The van der Waals surface area contributed by atoms with Gasteiger partial charge in [-0.05, 0) is 53.5 Å². The molecule has 1 saturated carbocycles. The van der Waals surface area contributed by atoms with E-state index in [0.29, 0.717) is 0 Å². The molecule has 0 heterocycles. The van der Waals surface area contributed by atoms with Crippen molar-refractivity contribution in [3.63, 3.8) is 0 Å². The Bertz CT molecular complexity index is 244. The monoisotopic (exact) mass is 242 g/mol. The van der Waals surface area contributed by atoms with Crippen LogP contribution in [-0.4, -0.2) is 61.2 Å². The van der Waals surface area contributed by atoms with Crippen LogP contribution >= 0.6 is 0 Å². The molecule has 0 aliphatic heterocycles. The fourth-order valence-electron chi connectivity index (χ4n) is 2.73. The Kier molecular flexibility index (Phi) is 5.92. The molecule has 1 rings (SSSR count). The van der Waals surface area contributed by atoms with Crippen LogP contribution in [0.4, 0.5) is 0 Å². The fraction of sp³-hybridized carbons (Fsp3) is 0.923. The van der Waals surface area contributed by atoms with Gasteiger partial charge >= 0.3 is 5.97 Å². The highest BCUT2D eigenvalue weighted by molar-refractivity contribution is 5.71. The Hall–Kier alpha value is -0.610. The predicted octanol–water partition coefficient (Wildman–Crippen LogP) is 1.51. The first-order valence-corrected chi connectivity index (χ1v) is 6.60. The van der Waals surface area contributed by atoms with Crippen LogP contribution in [0.5, 0.6) is 0 Å². The highest BCUT2D eigenvalue weighted by Crippen LogP contribution is 2.28. The van der Waals surface area contributed by atoms with E-state index in [2.05, 4.69) is 30.9 Å². The SMILES string of the molecule is CN(C)CCCN(C)C1CCCCC1C(=O)O. The van der Waals surface area contributed by atoms with Crippen LogP contribution in [-0.2, 0) is 4.79 Å². The van der Waals surface area contributed by atoms with Gasteiger partial charge in [0.15, 0.2) is 0 Å². The summed E-state index contributed by atoms with van der Waals surface area (Å²) in [4.78, 5) is 15.6. The van der Waals surface area contributed by atoms with Gasteiger partial charge < -0.3 is 14.9 Å². The molecule has 1 fully saturated rings. The van der Waals surface area contributed by atoms with Crippen molar-refractivity contribution < 1.29 is 9.90 Å². The zero-order chi connectivity index (χ0) is 12.8. The van der Waals surface area contributed by atoms with Crippen LogP contribution in [0.25, 0.3) is 0 Å². The summed E-state index contributed by atoms with van der Waals surface area (Å²) in [6.45, 7) is 2.06. The van der Waals surface area contributed by atoms with Crippen LogP contribution in [0.3, 0.4) is 0 Å². The van der Waals surface area contributed by atoms with Gasteiger partial charge in [0.05, 0.1) is 5.92 Å². The quantitative estimate of drug-likeness (QED) is 0.767. The molecule has 1 N–H and O–H groups in total. The topological polar surface area (TPSA) is 43.8 Å². The van der Waals surface area contributed by atoms with Gasteiger partial charge in [-0.15, -0.1) is 0 Å². The zero-order valence-electron chi connectivity index (χ0n) is 11.4. The van der Waals surface area contributed by atoms with E-state index < -0.39 is 5.97 Å². The minimum Gasteiger partial charge on any atom is -0.481 e. The molecule has 17 heavy (non-hydrogen) atoms. The third-order valence-electron chi connectivity index (χ3n) is 3.73. The van der Waals surface area contributed by atoms with Gasteiger partial charge in [0, 0.05) is 6.04 Å². The Balaban J connectivity index is 2.41. The average molecular weight is 242 g/mol. The minimum absolute atomic E-state index is 0.159. The molecular weight excluding hydrogens is 216 g/mol. The van der Waals surface area contributed by atoms with E-state index in [4.69, 9.17) is 0 Å². The number of aliphatic carboxylic acids is 1. The summed E-state index contributed by atoms with van der Waals surface area (Å²) < 4.78 is 0. The molecule has 0 radical (unpaired) electrons. The molecule has 0 aromatic heterocycles. The van der Waals surface area contributed by atoms with Crippen molar-refractivity contribution in [2.45, 2.75) is 38.1 Å². The maximum absolute atomic E-state index is 11.2. The molecule has 0 aromatic carbocycles. The van der Waals surface area contributed by atoms with Crippen molar-refractivity contribution in [1.29, 1.82) is 0 Å². The summed E-state index contributed by atoms with van der Waals surface area (Å²) in [5.74, 6) is -0.776. The number of carboxylic acid groups (broad SMARTS) is 1. The highest BCUT2D eigenvalue weighted by Gasteiger charge is 2.32. The number of carboxylic acids is 1. The fourth-order valence-corrected chi connectivity index (χ4v) is 2.73. The molecule has 0 aromatic rings. The van der Waals surface area contributed by atoms with Crippen molar-refractivity contribution in [3.8, 4) is 0 Å². The molecule has 0 bridgehead atoms. The van der Waals surface area contributed by atoms with Crippen LogP contribution in [0.2, 0.25) is 0 Å². The summed E-state index contributed by atoms with van der Waals surface area (Å²) in [7, 11) is 6.21. The normalized spacial score (nSPS) is 25.5. The van der Waals surface area contributed by atoms with Crippen molar-refractivity contribution in [2.75, 3.05) is 34.2 Å². The third kappa shape index (κ3) is 4.64. The zero-order valence-corrected chi connectivity index (χ0v) is 11.4. The van der Waals surface area contributed by atoms with Crippen LogP contribution in [0.1, 0.15) is 32.1 Å². The maximum Gasteiger partial charge on any atom is 0.308 e. The van der Waals surface area contributed by atoms with Crippen molar-refractivity contribution in [3.05, 3.63) is 0 Å². The lowest BCUT2D eigenvalue weighted by Gasteiger charge is -2.36. The van der Waals surface area contributed by atoms with Gasteiger partial charge in [-0.1, -0.05) is 12.8 Å². The second-order valence-corrected chi connectivity index (χ2v) is 5.43. The van der Waals surface area contributed by atoms with E-state index >= 15 is 0 Å². The number of nitrogens with zero attached hydrogens (tertiary/aromatic N) is 2. The van der Waals surface area contributed by atoms with Crippen LogP contribution < -0.4 is 0 Å². The molecule has 4 nitrogen and oxygen atoms in total. The van der Waals surface area contributed by atoms with E-state index in [-0.39, 0.29) is 12.0 Å². The van der Waals surface area contributed by atoms with Crippen LogP contribution in [0, 0.1) is 5.92 Å². The number of hydrogen-bond acceptors (Lipinski definition) is 3. The molecule has 2 atom stereocenters. The highest BCUT2D eigenvalue weighted by atomic mass is 16.4. The molecule has 1 aliphatic carbocycles. The average Bonchev–Trinajstić information content (AvgIpc) is 2.28. The van der Waals surface area contributed by atoms with Crippen LogP contribution in [0.15, 0.2) is 0 Å². The molecule has 4 heteroatoms. The second-order valence-electron chi connectivity index (χ2n) is 5.43. The van der Waals surface area contributed by atoms with Gasteiger partial charge in [-0.2, -0.15) is 0 Å². The van der Waals surface area contributed by atoms with E-state index in [9.17, 15) is 9.90 Å². The minimum atomic E-state index is -0.617. The van der Waals surface area contributed by atoms with Crippen molar-refractivity contribution in [2.24, 2.45) is 5.92 Å². The standard InChI is InChI=1S/C13H26N2O2/c1-14(2)9-6-10-15(3)12-8-5-4-7-11(12)13(16)17/h11-12H,4-10H2,1-3H3,(H,16,17). The van der Waals surface area contributed by atoms with Gasteiger partial charge in [-0.25, -0.2) is 0 Å². The smallest absolute Gasteiger partial charge is 0.308 e. The summed E-state index contributed by atoms with van der Waals surface area (Å²) in [5.41, 5.74) is 0. The second kappa shape index (κ2) is 6.97. The van der Waals surface area contributed by atoms with E-state index in [1.807, 2.05) is 0 Å². The molecule has 0 amide bonds. The maximum atomic E-state index is 11.2. The molecule has 2 unspecified atom stereocenters. The Morgan fingerprint density at radius 1 is 1.18 bits per heavy atom. The Morgan fingerprint density at radius 3 is 2.41 bits per heavy atom. The summed E-state index contributed by atoms with van der Waals surface area (Å²) in [6, 6.07) is 0.239. The van der Waals surface area contributed by atoms with Crippen molar-refractivity contribution in [1.82, 2.24) is 9.80 Å². The van der Waals surface area contributed by atoms with Gasteiger partial charge in [0.2, 0.25) is 0 Å². The molecule has 1 aliphatic rings.